The summed E-state index contributed by atoms with van der Waals surface area (Å²) in [6.07, 6.45) is 5.44. The lowest BCUT2D eigenvalue weighted by atomic mass is 10.3. The maximum absolute atomic E-state index is 11.2. The van der Waals surface area contributed by atoms with Crippen molar-refractivity contribution in [2.75, 3.05) is 0 Å². The highest BCUT2D eigenvalue weighted by molar-refractivity contribution is 4.85. The first-order valence-electron chi connectivity index (χ1n) is 4.38. The Morgan fingerprint density at radius 3 is 3.08 bits per heavy atom. The van der Waals surface area contributed by atoms with Gasteiger partial charge >= 0.3 is 0 Å². The van der Waals surface area contributed by atoms with E-state index < -0.39 is 0 Å². The second-order valence-corrected chi connectivity index (χ2v) is 3.32. The van der Waals surface area contributed by atoms with Crippen LogP contribution in [-0.2, 0) is 6.54 Å². The van der Waals surface area contributed by atoms with E-state index in [-0.39, 0.29) is 5.56 Å². The number of hydrogen-bond donors (Lipinski definition) is 0. The van der Waals surface area contributed by atoms with E-state index in [1.165, 1.54) is 12.8 Å². The molecule has 1 fully saturated rings. The molecule has 0 saturated heterocycles. The Hall–Kier alpha value is -1.12. The van der Waals surface area contributed by atoms with Crippen molar-refractivity contribution in [1.29, 1.82) is 0 Å². The highest BCUT2D eigenvalue weighted by atomic mass is 16.1. The van der Waals surface area contributed by atoms with Crippen LogP contribution in [0.4, 0.5) is 0 Å². The maximum atomic E-state index is 11.2. The van der Waals surface area contributed by atoms with Crippen molar-refractivity contribution in [1.82, 2.24) is 9.78 Å². The minimum absolute atomic E-state index is 0.0122. The molecule has 1 heterocycles. The molecule has 1 saturated carbocycles. The molecule has 0 N–H and O–H groups in total. The summed E-state index contributed by atoms with van der Waals surface area (Å²) in [5.74, 6) is 0.860. The smallest absolute Gasteiger partial charge is 0.266 e. The Kier molecular flexibility index (Phi) is 1.94. The zero-order valence-corrected chi connectivity index (χ0v) is 6.94. The summed E-state index contributed by atoms with van der Waals surface area (Å²) in [7, 11) is 0. The van der Waals surface area contributed by atoms with Crippen LogP contribution in [-0.4, -0.2) is 9.78 Å². The Morgan fingerprint density at radius 2 is 2.42 bits per heavy atom. The Bertz CT molecular complexity index is 314. The predicted molar refractivity (Wildman–Crippen MR) is 45.8 cm³/mol. The minimum Gasteiger partial charge on any atom is -0.268 e. The molecule has 64 valence electrons. The second kappa shape index (κ2) is 3.09. The van der Waals surface area contributed by atoms with Gasteiger partial charge in [-0.15, -0.1) is 0 Å². The lowest BCUT2D eigenvalue weighted by Gasteiger charge is -2.00. The van der Waals surface area contributed by atoms with E-state index in [4.69, 9.17) is 0 Å². The molecule has 0 amide bonds. The van der Waals surface area contributed by atoms with Gasteiger partial charge in [0.15, 0.2) is 0 Å². The summed E-state index contributed by atoms with van der Waals surface area (Å²) in [5.41, 5.74) is 0.0122. The van der Waals surface area contributed by atoms with Crippen LogP contribution in [0.5, 0.6) is 0 Å². The van der Waals surface area contributed by atoms with Crippen LogP contribution in [0.1, 0.15) is 19.3 Å². The lowest BCUT2D eigenvalue weighted by Crippen LogP contribution is -2.21. The molecule has 0 aromatic carbocycles. The molecule has 3 heteroatoms. The normalized spacial score (nSPS) is 16.3. The van der Waals surface area contributed by atoms with Crippen LogP contribution >= 0.6 is 0 Å². The molecule has 0 unspecified atom stereocenters. The van der Waals surface area contributed by atoms with E-state index in [0.717, 1.165) is 18.9 Å². The molecule has 0 radical (unpaired) electrons. The summed E-state index contributed by atoms with van der Waals surface area (Å²) >= 11 is 0. The van der Waals surface area contributed by atoms with Crippen molar-refractivity contribution in [3.8, 4) is 0 Å². The molecule has 1 aliphatic rings. The van der Waals surface area contributed by atoms with Crippen molar-refractivity contribution in [3.63, 3.8) is 0 Å². The Labute approximate surface area is 71.0 Å². The summed E-state index contributed by atoms with van der Waals surface area (Å²) in [4.78, 5) is 11.2. The van der Waals surface area contributed by atoms with Gasteiger partial charge < -0.3 is 0 Å². The molecule has 0 atom stereocenters. The van der Waals surface area contributed by atoms with Gasteiger partial charge in [-0.3, -0.25) is 4.79 Å². The Morgan fingerprint density at radius 1 is 1.58 bits per heavy atom. The topological polar surface area (TPSA) is 34.9 Å². The molecule has 1 aromatic rings. The van der Waals surface area contributed by atoms with E-state index in [2.05, 4.69) is 5.10 Å². The van der Waals surface area contributed by atoms with E-state index in [1.54, 1.807) is 23.0 Å². The van der Waals surface area contributed by atoms with E-state index in [0.29, 0.717) is 0 Å². The highest BCUT2D eigenvalue weighted by Gasteiger charge is 2.20. The number of rotatable bonds is 3. The van der Waals surface area contributed by atoms with Crippen molar-refractivity contribution in [2.45, 2.75) is 25.8 Å². The number of hydrogen-bond acceptors (Lipinski definition) is 2. The monoisotopic (exact) mass is 164 g/mol. The first kappa shape index (κ1) is 7.53. The average molecular weight is 164 g/mol. The fourth-order valence-corrected chi connectivity index (χ4v) is 1.27. The number of nitrogens with zero attached hydrogens (tertiary/aromatic N) is 2. The molecule has 3 nitrogen and oxygen atoms in total. The Balaban J connectivity index is 2.01. The maximum Gasteiger partial charge on any atom is 0.266 e. The molecule has 0 aliphatic heterocycles. The zero-order valence-electron chi connectivity index (χ0n) is 6.94. The van der Waals surface area contributed by atoms with Gasteiger partial charge in [0.25, 0.3) is 5.56 Å². The highest BCUT2D eigenvalue weighted by Crippen LogP contribution is 2.32. The van der Waals surface area contributed by atoms with Crippen LogP contribution < -0.4 is 5.56 Å². The first-order valence-corrected chi connectivity index (χ1v) is 4.38. The zero-order chi connectivity index (χ0) is 8.39. The van der Waals surface area contributed by atoms with Crippen LogP contribution in [0.2, 0.25) is 0 Å². The fraction of sp³-hybridized carbons (Fsp3) is 0.556. The summed E-state index contributed by atoms with van der Waals surface area (Å²) in [6.45, 7) is 0.782. The molecule has 12 heavy (non-hydrogen) atoms. The van der Waals surface area contributed by atoms with Gasteiger partial charge in [-0.25, -0.2) is 4.68 Å². The molecule has 1 aromatic heterocycles. The third kappa shape index (κ3) is 1.72. The number of aromatic nitrogens is 2. The van der Waals surface area contributed by atoms with Gasteiger partial charge in [-0.2, -0.15) is 5.10 Å². The molecule has 0 spiro atoms. The molecular weight excluding hydrogens is 152 g/mol. The van der Waals surface area contributed by atoms with Crippen molar-refractivity contribution in [2.24, 2.45) is 5.92 Å². The lowest BCUT2D eigenvalue weighted by molar-refractivity contribution is 0.522. The van der Waals surface area contributed by atoms with Gasteiger partial charge in [0.1, 0.15) is 0 Å². The quantitative estimate of drug-likeness (QED) is 0.669. The van der Waals surface area contributed by atoms with Crippen molar-refractivity contribution >= 4 is 0 Å². The predicted octanol–water partition coefficient (Wildman–Crippen LogP) is 1.04. The molecular formula is C9H12N2O. The second-order valence-electron chi connectivity index (χ2n) is 3.32. The summed E-state index contributed by atoms with van der Waals surface area (Å²) in [5, 5.41) is 3.98. The summed E-state index contributed by atoms with van der Waals surface area (Å²) in [6, 6.07) is 3.23. The fourth-order valence-electron chi connectivity index (χ4n) is 1.27. The average Bonchev–Trinajstić information content (AvgIpc) is 2.86. The number of aryl methyl sites for hydroxylation is 1. The van der Waals surface area contributed by atoms with Crippen LogP contribution in [0.3, 0.4) is 0 Å². The minimum atomic E-state index is 0.0122. The van der Waals surface area contributed by atoms with Gasteiger partial charge in [-0.05, 0) is 18.4 Å². The SMILES string of the molecule is O=c1cccnn1CCC1CC1. The van der Waals surface area contributed by atoms with E-state index in [1.807, 2.05) is 0 Å². The standard InChI is InChI=1S/C9H12N2O/c12-9-2-1-6-10-11(9)7-5-8-3-4-8/h1-2,6,8H,3-5,7H2. The van der Waals surface area contributed by atoms with Gasteiger partial charge in [0.2, 0.25) is 0 Å². The van der Waals surface area contributed by atoms with Gasteiger partial charge in [-0.1, -0.05) is 12.8 Å². The third-order valence-corrected chi connectivity index (χ3v) is 2.23. The van der Waals surface area contributed by atoms with Crippen LogP contribution in [0, 0.1) is 5.92 Å². The van der Waals surface area contributed by atoms with Crippen LogP contribution in [0.15, 0.2) is 23.1 Å². The third-order valence-electron chi connectivity index (χ3n) is 2.23. The first-order chi connectivity index (χ1) is 5.86. The van der Waals surface area contributed by atoms with Crippen molar-refractivity contribution in [3.05, 3.63) is 28.7 Å². The van der Waals surface area contributed by atoms with Gasteiger partial charge in [0, 0.05) is 18.8 Å². The summed E-state index contributed by atoms with van der Waals surface area (Å²) < 4.78 is 1.54. The molecule has 0 bridgehead atoms. The molecule has 2 rings (SSSR count). The largest absolute Gasteiger partial charge is 0.268 e. The van der Waals surface area contributed by atoms with Gasteiger partial charge in [0.05, 0.1) is 0 Å². The van der Waals surface area contributed by atoms with Crippen molar-refractivity contribution < 1.29 is 0 Å². The molecule has 1 aliphatic carbocycles. The van der Waals surface area contributed by atoms with Crippen LogP contribution in [0.25, 0.3) is 0 Å². The van der Waals surface area contributed by atoms with E-state index in [9.17, 15) is 4.79 Å². The van der Waals surface area contributed by atoms with E-state index >= 15 is 0 Å².